The van der Waals surface area contributed by atoms with E-state index >= 15 is 0 Å². The molecule has 4 N–H and O–H groups in total. The van der Waals surface area contributed by atoms with Crippen molar-refractivity contribution in [3.63, 3.8) is 0 Å². The van der Waals surface area contributed by atoms with Gasteiger partial charge in [-0.1, -0.05) is 55.9 Å². The summed E-state index contributed by atoms with van der Waals surface area (Å²) in [6.45, 7) is 4.16. The maximum Gasteiger partial charge on any atom is 0.333 e. The second-order valence-corrected chi connectivity index (χ2v) is 10.9. The fourth-order valence-electron chi connectivity index (χ4n) is 4.28. The van der Waals surface area contributed by atoms with Crippen LogP contribution in [0.3, 0.4) is 0 Å². The van der Waals surface area contributed by atoms with E-state index in [2.05, 4.69) is 34.4 Å². The summed E-state index contributed by atoms with van der Waals surface area (Å²) in [7, 11) is 1.29. The predicted molar refractivity (Wildman–Crippen MR) is 165 cm³/mol. The molecule has 9 nitrogen and oxygen atoms in total. The van der Waals surface area contributed by atoms with Crippen molar-refractivity contribution >= 4 is 51.9 Å². The van der Waals surface area contributed by atoms with Crippen LogP contribution in [0.2, 0.25) is 0 Å². The number of nitrogen functional groups attached to an aromatic ring is 1. The Labute approximate surface area is 247 Å². The number of nitrogens with two attached hydrogens (primary N) is 1. The number of fused-ring (bicyclic) bond motifs is 1. The van der Waals surface area contributed by atoms with Crippen LogP contribution < -0.4 is 16.4 Å². The Hall–Kier alpha value is -4.96. The lowest BCUT2D eigenvalue weighted by Gasteiger charge is -2.18. The van der Waals surface area contributed by atoms with Crippen molar-refractivity contribution in [3.05, 3.63) is 108 Å². The number of carbonyl (C=O) groups is 2. The van der Waals surface area contributed by atoms with Crippen molar-refractivity contribution in [1.29, 1.82) is 0 Å². The van der Waals surface area contributed by atoms with E-state index in [1.807, 2.05) is 48.5 Å². The number of benzene rings is 3. The quantitative estimate of drug-likeness (QED) is 0.137. The van der Waals surface area contributed by atoms with Crippen LogP contribution in [0.1, 0.15) is 47.4 Å². The first kappa shape index (κ1) is 28.6. The minimum Gasteiger partial charge on any atom is -0.467 e. The van der Waals surface area contributed by atoms with Crippen molar-refractivity contribution in [2.45, 2.75) is 35.6 Å². The molecule has 0 saturated carbocycles. The maximum absolute atomic E-state index is 13.5. The molecule has 10 heteroatoms. The zero-order valence-corrected chi connectivity index (χ0v) is 24.2. The normalized spacial score (nSPS) is 11.7. The van der Waals surface area contributed by atoms with Crippen LogP contribution in [0.15, 0.2) is 101 Å². The first-order chi connectivity index (χ1) is 20.3. The van der Waals surface area contributed by atoms with Gasteiger partial charge in [0.1, 0.15) is 12.1 Å². The molecule has 0 aliphatic rings. The highest BCUT2D eigenvalue weighted by Crippen LogP contribution is 2.37. The Bertz CT molecular complexity index is 1730. The second-order valence-electron chi connectivity index (χ2n) is 9.83. The zero-order chi connectivity index (χ0) is 29.6. The SMILES string of the molecule is COC(=O)C(NC(=O)c1ccc(Sc2ccc(N)cc2)c(Nc2ncnc3nc(C(C)C)ccc23)c1)c1ccccc1. The topological polar surface area (TPSA) is 132 Å². The first-order valence-corrected chi connectivity index (χ1v) is 14.1. The van der Waals surface area contributed by atoms with Gasteiger partial charge in [-0.05, 0) is 66.1 Å². The molecule has 1 atom stereocenters. The summed E-state index contributed by atoms with van der Waals surface area (Å²) in [6.07, 6.45) is 1.46. The third kappa shape index (κ3) is 6.50. The Morgan fingerprint density at radius 2 is 1.69 bits per heavy atom. The standard InChI is InChI=1S/C32H30N6O3S/c1-19(2)25-15-14-24-29(36-25)34-18-35-30(24)37-26-17-21(9-16-27(26)42-23-12-10-22(33)11-13-23)31(39)38-28(32(40)41-3)20-7-5-4-6-8-20/h4-19,28H,33H2,1-3H3,(H,38,39)(H,34,35,36,37). The molecule has 212 valence electrons. The summed E-state index contributed by atoms with van der Waals surface area (Å²) in [5.74, 6) is -0.193. The third-order valence-electron chi connectivity index (χ3n) is 6.56. The summed E-state index contributed by atoms with van der Waals surface area (Å²) >= 11 is 1.51. The van der Waals surface area contributed by atoms with Crippen LogP contribution in [0.25, 0.3) is 11.0 Å². The number of amides is 1. The molecule has 0 spiro atoms. The Morgan fingerprint density at radius 3 is 2.40 bits per heavy atom. The Kier molecular flexibility index (Phi) is 8.63. The number of methoxy groups -OCH3 is 1. The van der Waals surface area contributed by atoms with Gasteiger partial charge in [0.25, 0.3) is 5.91 Å². The van der Waals surface area contributed by atoms with Gasteiger partial charge >= 0.3 is 5.97 Å². The number of hydrogen-bond donors (Lipinski definition) is 3. The van der Waals surface area contributed by atoms with Crippen molar-refractivity contribution in [2.24, 2.45) is 0 Å². The number of ether oxygens (including phenoxy) is 1. The fourth-order valence-corrected chi connectivity index (χ4v) is 5.16. The predicted octanol–water partition coefficient (Wildman–Crippen LogP) is 6.27. The van der Waals surface area contributed by atoms with Gasteiger partial charge in [-0.15, -0.1) is 0 Å². The number of aromatic nitrogens is 3. The summed E-state index contributed by atoms with van der Waals surface area (Å²) in [4.78, 5) is 41.4. The average molecular weight is 579 g/mol. The second kappa shape index (κ2) is 12.7. The molecule has 0 radical (unpaired) electrons. The van der Waals surface area contributed by atoms with Gasteiger partial charge in [0.15, 0.2) is 11.7 Å². The van der Waals surface area contributed by atoms with Crippen molar-refractivity contribution < 1.29 is 14.3 Å². The molecular weight excluding hydrogens is 548 g/mol. The lowest BCUT2D eigenvalue weighted by atomic mass is 10.1. The first-order valence-electron chi connectivity index (χ1n) is 13.3. The van der Waals surface area contributed by atoms with Crippen molar-refractivity contribution in [1.82, 2.24) is 20.3 Å². The molecule has 3 aromatic carbocycles. The fraction of sp³-hybridized carbons (Fsp3) is 0.156. The summed E-state index contributed by atoms with van der Waals surface area (Å²) in [5, 5.41) is 6.96. The van der Waals surface area contributed by atoms with Gasteiger partial charge in [0, 0.05) is 26.7 Å². The highest BCUT2D eigenvalue weighted by molar-refractivity contribution is 7.99. The Morgan fingerprint density at radius 1 is 0.929 bits per heavy atom. The van der Waals surface area contributed by atoms with E-state index in [4.69, 9.17) is 15.5 Å². The molecule has 0 bridgehead atoms. The van der Waals surface area contributed by atoms with Crippen LogP contribution in [0, 0.1) is 0 Å². The van der Waals surface area contributed by atoms with E-state index in [9.17, 15) is 9.59 Å². The smallest absolute Gasteiger partial charge is 0.333 e. The zero-order valence-electron chi connectivity index (χ0n) is 23.4. The number of carbonyl (C=O) groups excluding carboxylic acids is 2. The molecule has 0 aliphatic heterocycles. The maximum atomic E-state index is 13.5. The lowest BCUT2D eigenvalue weighted by Crippen LogP contribution is -2.34. The van der Waals surface area contributed by atoms with E-state index in [-0.39, 0.29) is 5.92 Å². The van der Waals surface area contributed by atoms with E-state index in [1.165, 1.54) is 25.2 Å². The number of anilines is 3. The number of rotatable bonds is 9. The molecule has 5 rings (SSSR count). The molecule has 0 saturated heterocycles. The molecule has 42 heavy (non-hydrogen) atoms. The summed E-state index contributed by atoms with van der Waals surface area (Å²) in [5.41, 5.74) is 9.67. The summed E-state index contributed by atoms with van der Waals surface area (Å²) < 4.78 is 4.97. The lowest BCUT2D eigenvalue weighted by molar-refractivity contribution is -0.143. The third-order valence-corrected chi connectivity index (χ3v) is 7.64. The molecule has 1 amide bonds. The van der Waals surface area contributed by atoms with E-state index in [0.29, 0.717) is 34.0 Å². The van der Waals surface area contributed by atoms with Gasteiger partial charge < -0.3 is 21.1 Å². The number of nitrogens with zero attached hydrogens (tertiary/aromatic N) is 3. The number of nitrogens with one attached hydrogen (secondary N) is 2. The van der Waals surface area contributed by atoms with Crippen LogP contribution in [-0.4, -0.2) is 33.9 Å². The minimum atomic E-state index is -0.962. The molecule has 2 heterocycles. The van der Waals surface area contributed by atoms with Gasteiger partial charge in [-0.25, -0.2) is 19.7 Å². The van der Waals surface area contributed by atoms with Crippen LogP contribution >= 0.6 is 11.8 Å². The average Bonchev–Trinajstić information content (AvgIpc) is 3.01. The number of pyridine rings is 1. The van der Waals surface area contributed by atoms with Crippen LogP contribution in [0.5, 0.6) is 0 Å². The highest BCUT2D eigenvalue weighted by Gasteiger charge is 2.24. The van der Waals surface area contributed by atoms with Crippen molar-refractivity contribution in [3.8, 4) is 0 Å². The van der Waals surface area contributed by atoms with Crippen molar-refractivity contribution in [2.75, 3.05) is 18.2 Å². The Balaban J connectivity index is 1.51. The molecule has 5 aromatic rings. The monoisotopic (exact) mass is 578 g/mol. The van der Waals surface area contributed by atoms with E-state index in [0.717, 1.165) is 20.9 Å². The van der Waals surface area contributed by atoms with E-state index in [1.54, 1.807) is 36.4 Å². The highest BCUT2D eigenvalue weighted by atomic mass is 32.2. The van der Waals surface area contributed by atoms with Gasteiger partial charge in [0.05, 0.1) is 18.2 Å². The molecule has 2 aromatic heterocycles. The van der Waals surface area contributed by atoms with Gasteiger partial charge in [0.2, 0.25) is 0 Å². The molecular formula is C32H30N6O3S. The van der Waals surface area contributed by atoms with E-state index < -0.39 is 17.9 Å². The minimum absolute atomic E-state index is 0.253. The largest absolute Gasteiger partial charge is 0.467 e. The van der Waals surface area contributed by atoms with Crippen LogP contribution in [-0.2, 0) is 9.53 Å². The van der Waals surface area contributed by atoms with Gasteiger partial charge in [-0.3, -0.25) is 4.79 Å². The van der Waals surface area contributed by atoms with Crippen LogP contribution in [0.4, 0.5) is 17.2 Å². The summed E-state index contributed by atoms with van der Waals surface area (Å²) in [6, 6.07) is 24.8. The molecule has 0 aliphatic carbocycles. The van der Waals surface area contributed by atoms with Gasteiger partial charge in [-0.2, -0.15) is 0 Å². The molecule has 1 unspecified atom stereocenters. The molecule has 0 fully saturated rings. The number of hydrogen-bond acceptors (Lipinski definition) is 9. The number of esters is 1.